The van der Waals surface area contributed by atoms with Gasteiger partial charge in [-0.2, -0.15) is 8.42 Å². The maximum absolute atomic E-state index is 13.5. The van der Waals surface area contributed by atoms with Crippen molar-refractivity contribution in [3.05, 3.63) is 90.1 Å². The number of benzene rings is 3. The van der Waals surface area contributed by atoms with Crippen molar-refractivity contribution in [2.75, 3.05) is 4.90 Å². The molecule has 1 N–H and O–H groups in total. The first-order valence-electron chi connectivity index (χ1n) is 11.2. The molecule has 5 rings (SSSR count). The van der Waals surface area contributed by atoms with Crippen LogP contribution in [0.15, 0.2) is 83.9 Å². The molecule has 3 aromatic carbocycles. The first-order valence-corrected chi connectivity index (χ1v) is 12.6. The van der Waals surface area contributed by atoms with Gasteiger partial charge in [0, 0.05) is 35.4 Å². The molecule has 1 atom stereocenters. The molecule has 1 aromatic heterocycles. The van der Waals surface area contributed by atoms with Crippen molar-refractivity contribution in [3.8, 4) is 5.75 Å². The highest BCUT2D eigenvalue weighted by Crippen LogP contribution is 2.44. The van der Waals surface area contributed by atoms with E-state index in [9.17, 15) is 8.42 Å². The maximum atomic E-state index is 13.5. The van der Waals surface area contributed by atoms with Crippen LogP contribution in [0, 0.1) is 5.41 Å². The molecule has 170 valence electrons. The molecule has 1 aliphatic rings. The quantitative estimate of drug-likeness (QED) is 0.376. The average Bonchev–Trinajstić information content (AvgIpc) is 3.19. The Labute approximate surface area is 195 Å². The van der Waals surface area contributed by atoms with E-state index in [1.165, 1.54) is 5.56 Å². The number of anilines is 1. The fourth-order valence-corrected chi connectivity index (χ4v) is 5.94. The largest absolute Gasteiger partial charge is 0.377 e. The molecular formula is C27H28N2O3S. The van der Waals surface area contributed by atoms with E-state index >= 15 is 0 Å². The van der Waals surface area contributed by atoms with Gasteiger partial charge < -0.3 is 14.1 Å². The van der Waals surface area contributed by atoms with E-state index in [2.05, 4.69) is 42.8 Å². The molecule has 0 bridgehead atoms. The smallest absolute Gasteiger partial charge is 0.339 e. The van der Waals surface area contributed by atoms with E-state index in [1.807, 2.05) is 54.6 Å². The average molecular weight is 461 g/mol. The van der Waals surface area contributed by atoms with E-state index in [0.717, 1.165) is 22.2 Å². The molecule has 4 aromatic rings. The monoisotopic (exact) mass is 460 g/mol. The van der Waals surface area contributed by atoms with Crippen LogP contribution in [0.4, 0.5) is 5.69 Å². The Morgan fingerprint density at radius 2 is 1.73 bits per heavy atom. The predicted octanol–water partition coefficient (Wildman–Crippen LogP) is 5.91. The van der Waals surface area contributed by atoms with Crippen molar-refractivity contribution in [2.24, 2.45) is 5.41 Å². The topological polar surface area (TPSA) is 62.4 Å². The number of H-pyrrole nitrogens is 1. The molecule has 33 heavy (non-hydrogen) atoms. The highest BCUT2D eigenvalue weighted by molar-refractivity contribution is 7.87. The molecule has 1 unspecified atom stereocenters. The summed E-state index contributed by atoms with van der Waals surface area (Å²) in [6, 6.07) is 23.5. The van der Waals surface area contributed by atoms with Crippen LogP contribution in [-0.4, -0.2) is 19.4 Å². The Morgan fingerprint density at radius 3 is 2.52 bits per heavy atom. The van der Waals surface area contributed by atoms with Gasteiger partial charge in [-0.25, -0.2) is 0 Å². The van der Waals surface area contributed by atoms with Crippen LogP contribution in [0.5, 0.6) is 5.75 Å². The number of nitrogens with zero attached hydrogens (tertiary/aromatic N) is 1. The zero-order valence-corrected chi connectivity index (χ0v) is 19.9. The van der Waals surface area contributed by atoms with Crippen LogP contribution in [0.2, 0.25) is 0 Å². The van der Waals surface area contributed by atoms with Gasteiger partial charge in [-0.05, 0) is 54.2 Å². The summed E-state index contributed by atoms with van der Waals surface area (Å²) in [6.45, 7) is 7.33. The standard InChI is InChI=1S/C27H28N2O3S/c1-19-27(2,3)16-22-24(29(19)18-20-10-5-4-6-11-20)14-9-15-26(22)33(30,31)32-25-17-28-23-13-8-7-12-21(23)25/h4-15,17,19,28H,16,18H2,1-3H3. The second kappa shape index (κ2) is 7.96. The molecule has 5 nitrogen and oxygen atoms in total. The van der Waals surface area contributed by atoms with Crippen LogP contribution >= 0.6 is 0 Å². The van der Waals surface area contributed by atoms with E-state index in [0.29, 0.717) is 18.7 Å². The molecule has 6 heteroatoms. The van der Waals surface area contributed by atoms with Gasteiger partial charge in [0.2, 0.25) is 0 Å². The zero-order valence-electron chi connectivity index (χ0n) is 19.1. The Bertz CT molecular complexity index is 1410. The van der Waals surface area contributed by atoms with E-state index in [4.69, 9.17) is 4.18 Å². The van der Waals surface area contributed by atoms with Crippen molar-refractivity contribution in [1.29, 1.82) is 0 Å². The van der Waals surface area contributed by atoms with E-state index in [1.54, 1.807) is 12.3 Å². The molecule has 0 amide bonds. The van der Waals surface area contributed by atoms with Crippen LogP contribution in [0.25, 0.3) is 10.9 Å². The van der Waals surface area contributed by atoms with Crippen LogP contribution < -0.4 is 9.08 Å². The van der Waals surface area contributed by atoms with Gasteiger partial charge in [-0.3, -0.25) is 0 Å². The molecule has 0 aliphatic carbocycles. The fraction of sp³-hybridized carbons (Fsp3) is 0.259. The summed E-state index contributed by atoms with van der Waals surface area (Å²) in [5.41, 5.74) is 3.68. The second-order valence-corrected chi connectivity index (χ2v) is 11.0. The molecule has 0 fully saturated rings. The number of rotatable bonds is 5. The minimum absolute atomic E-state index is 0.117. The fourth-order valence-electron chi connectivity index (χ4n) is 4.75. The number of hydrogen-bond acceptors (Lipinski definition) is 4. The third-order valence-electron chi connectivity index (χ3n) is 6.86. The summed E-state index contributed by atoms with van der Waals surface area (Å²) < 4.78 is 32.7. The lowest BCUT2D eigenvalue weighted by atomic mass is 9.75. The highest BCUT2D eigenvalue weighted by atomic mass is 32.2. The number of aromatic amines is 1. The van der Waals surface area contributed by atoms with Crippen molar-refractivity contribution in [3.63, 3.8) is 0 Å². The van der Waals surface area contributed by atoms with Gasteiger partial charge in [-0.15, -0.1) is 0 Å². The number of aromatic nitrogens is 1. The first kappa shape index (κ1) is 21.6. The number of nitrogens with one attached hydrogen (secondary N) is 1. The molecular weight excluding hydrogens is 432 g/mol. The van der Waals surface area contributed by atoms with Gasteiger partial charge >= 0.3 is 10.1 Å². The zero-order chi connectivity index (χ0) is 23.2. The highest BCUT2D eigenvalue weighted by Gasteiger charge is 2.40. The lowest BCUT2D eigenvalue weighted by Gasteiger charge is -2.47. The summed E-state index contributed by atoms with van der Waals surface area (Å²) in [4.78, 5) is 5.64. The van der Waals surface area contributed by atoms with Gasteiger partial charge in [0.15, 0.2) is 5.75 Å². The maximum Gasteiger partial charge on any atom is 0.339 e. The van der Waals surface area contributed by atoms with Crippen molar-refractivity contribution >= 4 is 26.7 Å². The summed E-state index contributed by atoms with van der Waals surface area (Å²) in [5.74, 6) is 0.313. The molecule has 2 heterocycles. The van der Waals surface area contributed by atoms with Gasteiger partial charge in [-0.1, -0.05) is 62.4 Å². The third-order valence-corrected chi connectivity index (χ3v) is 8.18. The lowest BCUT2D eigenvalue weighted by molar-refractivity contribution is 0.266. The summed E-state index contributed by atoms with van der Waals surface area (Å²) in [5, 5.41) is 0.741. The van der Waals surface area contributed by atoms with Crippen LogP contribution in [-0.2, 0) is 23.1 Å². The Balaban J connectivity index is 1.58. The van der Waals surface area contributed by atoms with Crippen LogP contribution in [0.3, 0.4) is 0 Å². The third kappa shape index (κ3) is 3.89. The lowest BCUT2D eigenvalue weighted by Crippen LogP contribution is -2.48. The minimum atomic E-state index is -4.03. The summed E-state index contributed by atoms with van der Waals surface area (Å²) in [7, 11) is -4.03. The van der Waals surface area contributed by atoms with Crippen molar-refractivity contribution in [1.82, 2.24) is 4.98 Å². The number of para-hydroxylation sites is 1. The van der Waals surface area contributed by atoms with E-state index < -0.39 is 10.1 Å². The molecule has 0 spiro atoms. The molecule has 0 saturated carbocycles. The Kier molecular flexibility index (Phi) is 5.20. The molecule has 1 aliphatic heterocycles. The SMILES string of the molecule is CC1N(Cc2ccccc2)c2cccc(S(=O)(=O)Oc3c[nH]c4ccccc34)c2CC1(C)C. The first-order chi connectivity index (χ1) is 15.8. The van der Waals surface area contributed by atoms with Crippen molar-refractivity contribution in [2.45, 2.75) is 44.7 Å². The molecule has 0 radical (unpaired) electrons. The van der Waals surface area contributed by atoms with Crippen molar-refractivity contribution < 1.29 is 12.6 Å². The molecule has 0 saturated heterocycles. The Morgan fingerprint density at radius 1 is 1.00 bits per heavy atom. The van der Waals surface area contributed by atoms with Crippen LogP contribution in [0.1, 0.15) is 31.9 Å². The second-order valence-electron chi connectivity index (χ2n) is 9.44. The summed E-state index contributed by atoms with van der Waals surface area (Å²) in [6.07, 6.45) is 2.26. The number of fused-ring (bicyclic) bond motifs is 2. The predicted molar refractivity (Wildman–Crippen MR) is 132 cm³/mol. The number of hydrogen-bond donors (Lipinski definition) is 1. The minimum Gasteiger partial charge on any atom is -0.377 e. The van der Waals surface area contributed by atoms with Gasteiger partial charge in [0.1, 0.15) is 4.90 Å². The van der Waals surface area contributed by atoms with E-state index in [-0.39, 0.29) is 16.4 Å². The normalized spacial score (nSPS) is 17.7. The Hall–Kier alpha value is -3.25. The van der Waals surface area contributed by atoms with Gasteiger partial charge in [0.05, 0.1) is 0 Å². The van der Waals surface area contributed by atoms with Gasteiger partial charge in [0.25, 0.3) is 0 Å². The summed E-state index contributed by atoms with van der Waals surface area (Å²) >= 11 is 0.